The van der Waals surface area contributed by atoms with E-state index in [1.165, 1.54) is 0 Å². The highest BCUT2D eigenvalue weighted by atomic mass is 19.3. The maximum atomic E-state index is 12.2. The lowest BCUT2D eigenvalue weighted by atomic mass is 10.0. The molecule has 17 heavy (non-hydrogen) atoms. The predicted molar refractivity (Wildman–Crippen MR) is 59.3 cm³/mol. The highest BCUT2D eigenvalue weighted by Gasteiger charge is 2.23. The van der Waals surface area contributed by atoms with Crippen molar-refractivity contribution in [2.45, 2.75) is 25.0 Å². The minimum atomic E-state index is -2.71. The monoisotopic (exact) mass is 243 g/mol. The normalized spacial score (nSPS) is 20.8. The third-order valence-corrected chi connectivity index (χ3v) is 2.82. The highest BCUT2D eigenvalue weighted by molar-refractivity contribution is 5.37. The Kier molecular flexibility index (Phi) is 3.91. The average Bonchev–Trinajstić information content (AvgIpc) is 2.35. The van der Waals surface area contributed by atoms with Crippen LogP contribution in [-0.4, -0.2) is 30.8 Å². The summed E-state index contributed by atoms with van der Waals surface area (Å²) in [5.41, 5.74) is 0.959. The van der Waals surface area contributed by atoms with E-state index >= 15 is 0 Å². The summed E-state index contributed by atoms with van der Waals surface area (Å²) in [4.78, 5) is 0. The van der Waals surface area contributed by atoms with E-state index in [1.807, 2.05) is 24.3 Å². The molecule has 0 radical (unpaired) electrons. The maximum Gasteiger partial charge on any atom is 0.265 e. The largest absolute Gasteiger partial charge is 0.493 e. The second kappa shape index (κ2) is 5.42. The van der Waals surface area contributed by atoms with Crippen LogP contribution in [0.3, 0.4) is 0 Å². The lowest BCUT2D eigenvalue weighted by Gasteiger charge is -2.27. The number of aliphatic hydroxyl groups is 1. The van der Waals surface area contributed by atoms with Gasteiger partial charge in [0, 0.05) is 24.6 Å². The van der Waals surface area contributed by atoms with Gasteiger partial charge in [-0.2, -0.15) is 0 Å². The van der Waals surface area contributed by atoms with Crippen LogP contribution in [-0.2, 0) is 0 Å². The standard InChI is InChI=1S/C12H15F2NO2/c13-12(14)10(16)7-15-9-5-6-17-11-4-2-1-3-8(9)11/h1-4,9-10,12,15-16H,5-7H2. The molecule has 0 amide bonds. The van der Waals surface area contributed by atoms with Crippen molar-refractivity contribution in [3.05, 3.63) is 29.8 Å². The van der Waals surface area contributed by atoms with Gasteiger partial charge >= 0.3 is 0 Å². The van der Waals surface area contributed by atoms with Crippen molar-refractivity contribution in [1.82, 2.24) is 5.32 Å². The van der Waals surface area contributed by atoms with E-state index in [0.29, 0.717) is 13.0 Å². The van der Waals surface area contributed by atoms with Crippen molar-refractivity contribution in [3.63, 3.8) is 0 Å². The smallest absolute Gasteiger partial charge is 0.265 e. The van der Waals surface area contributed by atoms with Crippen molar-refractivity contribution in [2.24, 2.45) is 0 Å². The molecule has 2 atom stereocenters. The zero-order chi connectivity index (χ0) is 12.3. The van der Waals surface area contributed by atoms with Crippen LogP contribution in [0.2, 0.25) is 0 Å². The molecule has 94 valence electrons. The molecule has 1 aliphatic heterocycles. The molecule has 5 heteroatoms. The van der Waals surface area contributed by atoms with Gasteiger partial charge in [-0.1, -0.05) is 18.2 Å². The van der Waals surface area contributed by atoms with Gasteiger partial charge < -0.3 is 15.2 Å². The number of rotatable bonds is 4. The average molecular weight is 243 g/mol. The molecule has 0 aromatic heterocycles. The molecule has 0 saturated carbocycles. The molecule has 3 nitrogen and oxygen atoms in total. The Morgan fingerprint density at radius 2 is 2.18 bits per heavy atom. The van der Waals surface area contributed by atoms with Crippen LogP contribution in [0.25, 0.3) is 0 Å². The lowest BCUT2D eigenvalue weighted by molar-refractivity contribution is -0.00525. The number of nitrogens with one attached hydrogen (secondary N) is 1. The summed E-state index contributed by atoms with van der Waals surface area (Å²) >= 11 is 0. The van der Waals surface area contributed by atoms with Crippen LogP contribution in [0, 0.1) is 0 Å². The van der Waals surface area contributed by atoms with E-state index < -0.39 is 12.5 Å². The number of hydrogen-bond acceptors (Lipinski definition) is 3. The highest BCUT2D eigenvalue weighted by Crippen LogP contribution is 2.31. The fraction of sp³-hybridized carbons (Fsp3) is 0.500. The van der Waals surface area contributed by atoms with Gasteiger partial charge in [0.05, 0.1) is 6.61 Å². The molecular weight excluding hydrogens is 228 g/mol. The fourth-order valence-corrected chi connectivity index (χ4v) is 1.91. The first-order chi connectivity index (χ1) is 8.18. The van der Waals surface area contributed by atoms with Crippen LogP contribution >= 0.6 is 0 Å². The first kappa shape index (κ1) is 12.3. The number of para-hydroxylation sites is 1. The number of benzene rings is 1. The molecule has 0 bridgehead atoms. The summed E-state index contributed by atoms with van der Waals surface area (Å²) in [5, 5.41) is 12.0. The Labute approximate surface area is 98.4 Å². The molecular formula is C12H15F2NO2. The summed E-state index contributed by atoms with van der Waals surface area (Å²) in [6, 6.07) is 7.47. The van der Waals surface area contributed by atoms with Gasteiger partial charge in [-0.3, -0.25) is 0 Å². The van der Waals surface area contributed by atoms with Gasteiger partial charge in [0.1, 0.15) is 11.9 Å². The Morgan fingerprint density at radius 1 is 1.41 bits per heavy atom. The summed E-state index contributed by atoms with van der Waals surface area (Å²) in [5.74, 6) is 0.780. The molecule has 1 aromatic rings. The number of halogens is 2. The van der Waals surface area contributed by atoms with E-state index in [0.717, 1.165) is 11.3 Å². The van der Waals surface area contributed by atoms with E-state index in [-0.39, 0.29) is 12.6 Å². The van der Waals surface area contributed by atoms with Crippen LogP contribution in [0.1, 0.15) is 18.0 Å². The van der Waals surface area contributed by atoms with Crippen LogP contribution in [0.4, 0.5) is 8.78 Å². The van der Waals surface area contributed by atoms with Crippen molar-refractivity contribution in [2.75, 3.05) is 13.2 Å². The third kappa shape index (κ3) is 2.92. The van der Waals surface area contributed by atoms with Gasteiger partial charge in [0.2, 0.25) is 0 Å². The summed E-state index contributed by atoms with van der Waals surface area (Å²) in [7, 11) is 0. The summed E-state index contributed by atoms with van der Waals surface area (Å²) in [6.07, 6.45) is -3.62. The van der Waals surface area contributed by atoms with Gasteiger partial charge in [-0.15, -0.1) is 0 Å². The van der Waals surface area contributed by atoms with Gasteiger partial charge in [0.15, 0.2) is 0 Å². The SMILES string of the molecule is OC(CNC1CCOc2ccccc21)C(F)F. The predicted octanol–water partition coefficient (Wildman–Crippen LogP) is 1.73. The minimum Gasteiger partial charge on any atom is -0.493 e. The first-order valence-electron chi connectivity index (χ1n) is 5.60. The fourth-order valence-electron chi connectivity index (χ4n) is 1.91. The molecule has 2 unspecified atom stereocenters. The summed E-state index contributed by atoms with van der Waals surface area (Å²) in [6.45, 7) is 0.441. The van der Waals surface area contributed by atoms with Crippen molar-refractivity contribution in [1.29, 1.82) is 0 Å². The molecule has 2 rings (SSSR count). The maximum absolute atomic E-state index is 12.2. The van der Waals surface area contributed by atoms with Crippen molar-refractivity contribution >= 4 is 0 Å². The van der Waals surface area contributed by atoms with Crippen LogP contribution in [0.15, 0.2) is 24.3 Å². The quantitative estimate of drug-likeness (QED) is 0.846. The van der Waals surface area contributed by atoms with E-state index in [4.69, 9.17) is 9.84 Å². The molecule has 0 spiro atoms. The number of fused-ring (bicyclic) bond motifs is 1. The van der Waals surface area contributed by atoms with Gasteiger partial charge in [0.25, 0.3) is 6.43 Å². The molecule has 1 aliphatic rings. The summed E-state index contributed by atoms with van der Waals surface area (Å²) < 4.78 is 29.8. The number of ether oxygens (including phenoxy) is 1. The number of aliphatic hydroxyl groups excluding tert-OH is 1. The zero-order valence-electron chi connectivity index (χ0n) is 9.27. The Hall–Kier alpha value is -1.20. The molecule has 1 aromatic carbocycles. The molecule has 1 heterocycles. The van der Waals surface area contributed by atoms with Crippen LogP contribution < -0.4 is 10.1 Å². The van der Waals surface area contributed by atoms with Gasteiger partial charge in [-0.25, -0.2) is 8.78 Å². The molecule has 0 fully saturated rings. The minimum absolute atomic E-state index is 0.0339. The van der Waals surface area contributed by atoms with E-state index in [2.05, 4.69) is 5.32 Å². The Morgan fingerprint density at radius 3 is 2.94 bits per heavy atom. The second-order valence-electron chi connectivity index (χ2n) is 4.04. The van der Waals surface area contributed by atoms with Crippen molar-refractivity contribution in [3.8, 4) is 5.75 Å². The molecule has 0 saturated heterocycles. The van der Waals surface area contributed by atoms with Gasteiger partial charge in [-0.05, 0) is 6.07 Å². The molecule has 0 aliphatic carbocycles. The Balaban J connectivity index is 1.99. The number of hydrogen-bond donors (Lipinski definition) is 2. The Bertz CT molecular complexity index is 373. The third-order valence-electron chi connectivity index (χ3n) is 2.82. The van der Waals surface area contributed by atoms with Crippen molar-refractivity contribution < 1.29 is 18.6 Å². The second-order valence-corrected chi connectivity index (χ2v) is 4.04. The molecule has 2 N–H and O–H groups in total. The van der Waals surface area contributed by atoms with E-state index in [9.17, 15) is 8.78 Å². The topological polar surface area (TPSA) is 41.5 Å². The van der Waals surface area contributed by atoms with E-state index in [1.54, 1.807) is 0 Å². The zero-order valence-corrected chi connectivity index (χ0v) is 9.27. The number of alkyl halides is 2. The lowest BCUT2D eigenvalue weighted by Crippen LogP contribution is -2.36. The van der Waals surface area contributed by atoms with Crippen LogP contribution in [0.5, 0.6) is 5.75 Å². The first-order valence-corrected chi connectivity index (χ1v) is 5.60.